The Morgan fingerprint density at radius 3 is 2.03 bits per heavy atom. The van der Waals surface area contributed by atoms with Crippen molar-refractivity contribution >= 4 is 17.0 Å². The van der Waals surface area contributed by atoms with E-state index in [4.69, 9.17) is 5.11 Å². The zero-order chi connectivity index (χ0) is 24.9. The van der Waals surface area contributed by atoms with Gasteiger partial charge in [-0.05, 0) is 43.5 Å². The maximum Gasteiger partial charge on any atom is 0.336 e. The first-order chi connectivity index (χ1) is 16.3. The smallest absolute Gasteiger partial charge is 0.336 e. The van der Waals surface area contributed by atoms with Gasteiger partial charge in [0.05, 0.1) is 5.56 Å². The van der Waals surface area contributed by atoms with E-state index in [1.165, 1.54) is 50.5 Å². The number of fused-ring (bicyclic) bond motifs is 1. The van der Waals surface area contributed by atoms with Crippen LogP contribution in [0.3, 0.4) is 0 Å². The summed E-state index contributed by atoms with van der Waals surface area (Å²) in [6, 6.07) is 6.96. The van der Waals surface area contributed by atoms with Crippen molar-refractivity contribution < 1.29 is 25.2 Å². The largest absolute Gasteiger partial charge is 0.504 e. The number of nitrogens with one attached hydrogen (secondary N) is 1. The molecule has 0 spiro atoms. The van der Waals surface area contributed by atoms with E-state index < -0.39 is 23.2 Å². The van der Waals surface area contributed by atoms with Gasteiger partial charge in [0.15, 0.2) is 11.5 Å². The Morgan fingerprint density at radius 1 is 0.824 bits per heavy atom. The zero-order valence-electron chi connectivity index (χ0n) is 20.2. The minimum atomic E-state index is -1.22. The van der Waals surface area contributed by atoms with E-state index in [0.717, 1.165) is 36.4 Å². The lowest BCUT2D eigenvalue weighted by Gasteiger charge is -2.11. The molecule has 0 unspecified atom stereocenters. The van der Waals surface area contributed by atoms with E-state index in [1.54, 1.807) is 0 Å². The normalized spacial score (nSPS) is 10.8. The summed E-state index contributed by atoms with van der Waals surface area (Å²) in [5, 5.41) is 48.5. The van der Waals surface area contributed by atoms with Crippen molar-refractivity contribution in [2.24, 2.45) is 0 Å². The van der Waals surface area contributed by atoms with Crippen LogP contribution in [0.1, 0.15) is 92.6 Å². The molecule has 0 aliphatic carbocycles. The molecule has 0 saturated carbocycles. The summed E-state index contributed by atoms with van der Waals surface area (Å²) < 4.78 is 0. The number of carboxylic acids is 1. The van der Waals surface area contributed by atoms with Gasteiger partial charge in [-0.25, -0.2) is 4.79 Å². The lowest BCUT2D eigenvalue weighted by Crippen LogP contribution is -2.03. The first-order valence-electron chi connectivity index (χ1n) is 12.1. The molecule has 0 saturated heterocycles. The van der Waals surface area contributed by atoms with Gasteiger partial charge >= 0.3 is 5.97 Å². The number of unbranched alkanes of at least 4 members (excludes halogenated alkanes) is 9. The molecule has 34 heavy (non-hydrogen) atoms. The number of benzene rings is 2. The van der Waals surface area contributed by atoms with Gasteiger partial charge in [0, 0.05) is 5.56 Å². The SMILES string of the molecule is CCCCCCCCCCCCc1c(C(=O)O)cc(O)c(O)c1O.Cc1ccc2n[nH]nc2c1. The number of aromatic carboxylic acids is 1. The Kier molecular flexibility index (Phi) is 11.2. The highest BCUT2D eigenvalue weighted by molar-refractivity contribution is 5.91. The van der Waals surface area contributed by atoms with Crippen LogP contribution in [0.5, 0.6) is 17.2 Å². The third-order valence-corrected chi connectivity index (χ3v) is 5.84. The number of aromatic amines is 1. The standard InChI is InChI=1S/C19H30O5.C7H7N3/c1-2-3-4-5-6-7-8-9-10-11-12-14-15(19(23)24)13-16(20)18(22)17(14)21;1-5-2-3-6-7(4-5)9-10-8-6/h13,20-22H,2-12H2,1H3,(H,23,24);2-4H,1H3,(H,8,9,10). The fourth-order valence-corrected chi connectivity index (χ4v) is 3.87. The van der Waals surface area contributed by atoms with Crippen molar-refractivity contribution in [3.8, 4) is 17.2 Å². The van der Waals surface area contributed by atoms with Crippen LogP contribution in [0.25, 0.3) is 11.0 Å². The molecule has 0 aliphatic rings. The van der Waals surface area contributed by atoms with Crippen LogP contribution < -0.4 is 0 Å². The summed E-state index contributed by atoms with van der Waals surface area (Å²) in [6.07, 6.45) is 12.0. The Hall–Kier alpha value is -3.29. The van der Waals surface area contributed by atoms with Crippen molar-refractivity contribution in [1.29, 1.82) is 0 Å². The molecule has 5 N–H and O–H groups in total. The molecule has 3 rings (SSSR count). The quantitative estimate of drug-likeness (QED) is 0.156. The third-order valence-electron chi connectivity index (χ3n) is 5.84. The molecule has 1 heterocycles. The van der Waals surface area contributed by atoms with Gasteiger partial charge in [0.1, 0.15) is 11.0 Å². The molecule has 3 aromatic rings. The second kappa shape index (κ2) is 14.1. The molecule has 186 valence electrons. The number of phenols is 3. The number of aryl methyl sites for hydroxylation is 1. The van der Waals surface area contributed by atoms with E-state index in [9.17, 15) is 20.1 Å². The number of aromatic nitrogens is 3. The molecule has 1 aromatic heterocycles. The number of aromatic hydroxyl groups is 3. The van der Waals surface area contributed by atoms with Crippen LogP contribution in [0, 0.1) is 6.92 Å². The lowest BCUT2D eigenvalue weighted by atomic mass is 9.98. The zero-order valence-corrected chi connectivity index (χ0v) is 20.2. The maximum absolute atomic E-state index is 11.2. The number of H-pyrrole nitrogens is 1. The van der Waals surface area contributed by atoms with Gasteiger partial charge < -0.3 is 20.4 Å². The summed E-state index contributed by atoms with van der Waals surface area (Å²) in [5.41, 5.74) is 3.10. The number of carboxylic acid groups (broad SMARTS) is 1. The summed E-state index contributed by atoms with van der Waals surface area (Å²) in [4.78, 5) is 11.2. The van der Waals surface area contributed by atoms with Crippen LogP contribution in [-0.4, -0.2) is 41.8 Å². The first kappa shape index (κ1) is 27.0. The molecule has 0 amide bonds. The van der Waals surface area contributed by atoms with Crippen LogP contribution in [0.15, 0.2) is 24.3 Å². The van der Waals surface area contributed by atoms with Gasteiger partial charge in [0.2, 0.25) is 5.75 Å². The molecular formula is C26H37N3O5. The fourth-order valence-electron chi connectivity index (χ4n) is 3.87. The molecule has 0 radical (unpaired) electrons. The highest BCUT2D eigenvalue weighted by Gasteiger charge is 2.20. The predicted octanol–water partition coefficient (Wildman–Crippen LogP) is 6.23. The minimum absolute atomic E-state index is 0.154. The fraction of sp³-hybridized carbons (Fsp3) is 0.500. The van der Waals surface area contributed by atoms with Gasteiger partial charge in [-0.2, -0.15) is 15.4 Å². The van der Waals surface area contributed by atoms with Crippen molar-refractivity contribution in [3.05, 3.63) is 41.0 Å². The average Bonchev–Trinajstić information content (AvgIpc) is 3.27. The number of nitrogens with zero attached hydrogens (tertiary/aromatic N) is 2. The molecule has 0 fully saturated rings. The number of carbonyl (C=O) groups is 1. The topological polar surface area (TPSA) is 140 Å². The summed E-state index contributed by atoms with van der Waals surface area (Å²) in [7, 11) is 0. The number of hydrogen-bond acceptors (Lipinski definition) is 6. The second-order valence-corrected chi connectivity index (χ2v) is 8.67. The van der Waals surface area contributed by atoms with Crippen LogP contribution >= 0.6 is 0 Å². The monoisotopic (exact) mass is 471 g/mol. The molecule has 0 aliphatic heterocycles. The molecule has 8 nitrogen and oxygen atoms in total. The Balaban J connectivity index is 0.000000333. The number of phenolic OH excluding ortho intramolecular Hbond substituents is 3. The molecule has 2 aromatic carbocycles. The van der Waals surface area contributed by atoms with Gasteiger partial charge in [0.25, 0.3) is 0 Å². The summed E-state index contributed by atoms with van der Waals surface area (Å²) >= 11 is 0. The first-order valence-corrected chi connectivity index (χ1v) is 12.1. The second-order valence-electron chi connectivity index (χ2n) is 8.67. The third kappa shape index (κ3) is 8.24. The van der Waals surface area contributed by atoms with Crippen molar-refractivity contribution in [2.75, 3.05) is 0 Å². The molecular weight excluding hydrogens is 434 g/mol. The molecule has 0 atom stereocenters. The van der Waals surface area contributed by atoms with Crippen molar-refractivity contribution in [3.63, 3.8) is 0 Å². The Labute approximate surface area is 200 Å². The van der Waals surface area contributed by atoms with Crippen molar-refractivity contribution in [2.45, 2.75) is 84.5 Å². The molecule has 8 heteroatoms. The van der Waals surface area contributed by atoms with E-state index in [2.05, 4.69) is 22.3 Å². The van der Waals surface area contributed by atoms with Crippen LogP contribution in [0.4, 0.5) is 0 Å². The van der Waals surface area contributed by atoms with E-state index in [-0.39, 0.29) is 11.1 Å². The van der Waals surface area contributed by atoms with E-state index >= 15 is 0 Å². The van der Waals surface area contributed by atoms with E-state index in [0.29, 0.717) is 6.42 Å². The number of hydrogen-bond donors (Lipinski definition) is 5. The summed E-state index contributed by atoms with van der Waals surface area (Å²) in [5.74, 6) is -3.01. The average molecular weight is 472 g/mol. The van der Waals surface area contributed by atoms with Gasteiger partial charge in [-0.1, -0.05) is 70.8 Å². The van der Waals surface area contributed by atoms with Crippen LogP contribution in [0.2, 0.25) is 0 Å². The Morgan fingerprint density at radius 2 is 1.41 bits per heavy atom. The predicted molar refractivity (Wildman–Crippen MR) is 133 cm³/mol. The molecule has 0 bridgehead atoms. The van der Waals surface area contributed by atoms with Gasteiger partial charge in [-0.15, -0.1) is 0 Å². The lowest BCUT2D eigenvalue weighted by molar-refractivity contribution is 0.0694. The summed E-state index contributed by atoms with van der Waals surface area (Å²) in [6.45, 7) is 4.25. The number of rotatable bonds is 12. The van der Waals surface area contributed by atoms with E-state index in [1.807, 2.05) is 25.1 Å². The highest BCUT2D eigenvalue weighted by Crippen LogP contribution is 2.40. The highest BCUT2D eigenvalue weighted by atomic mass is 16.4. The van der Waals surface area contributed by atoms with Crippen molar-refractivity contribution in [1.82, 2.24) is 15.4 Å². The van der Waals surface area contributed by atoms with Crippen LogP contribution in [-0.2, 0) is 6.42 Å². The van der Waals surface area contributed by atoms with Gasteiger partial charge in [-0.3, -0.25) is 0 Å². The minimum Gasteiger partial charge on any atom is -0.504 e. The Bertz CT molecular complexity index is 1050. The maximum atomic E-state index is 11.2.